The van der Waals surface area contributed by atoms with Crippen LogP contribution in [0, 0.1) is 5.92 Å². The number of nitrogens with zero attached hydrogens (tertiary/aromatic N) is 1. The molecule has 0 aliphatic heterocycles. The Labute approximate surface area is 108 Å². The smallest absolute Gasteiger partial charge is 0.259 e. The van der Waals surface area contributed by atoms with Crippen molar-refractivity contribution in [1.29, 1.82) is 0 Å². The Balaban J connectivity index is 2.34. The van der Waals surface area contributed by atoms with E-state index in [1.807, 2.05) is 37.3 Å². The van der Waals surface area contributed by atoms with Crippen molar-refractivity contribution < 1.29 is 4.79 Å². The highest BCUT2D eigenvalue weighted by molar-refractivity contribution is 5.87. The second-order valence-corrected chi connectivity index (χ2v) is 4.32. The molecule has 98 valence electrons. The largest absolute Gasteiger partial charge is 0.376 e. The Bertz CT molecular complexity index is 401. The Morgan fingerprint density at radius 3 is 2.61 bits per heavy atom. The van der Waals surface area contributed by atoms with E-state index in [9.17, 15) is 4.79 Å². The van der Waals surface area contributed by atoms with Gasteiger partial charge in [0, 0.05) is 11.4 Å². The van der Waals surface area contributed by atoms with Gasteiger partial charge < -0.3 is 5.32 Å². The molecule has 1 aromatic carbocycles. The lowest BCUT2D eigenvalue weighted by molar-refractivity contribution is -0.119. The fraction of sp³-hybridized carbons (Fsp3) is 0.429. The van der Waals surface area contributed by atoms with Crippen molar-refractivity contribution in [3.05, 3.63) is 30.3 Å². The monoisotopic (exact) mass is 247 g/mol. The molecule has 2 N–H and O–H groups in total. The fourth-order valence-corrected chi connectivity index (χ4v) is 1.33. The molecule has 0 saturated heterocycles. The molecule has 0 bridgehead atoms. The van der Waals surface area contributed by atoms with Crippen LogP contribution in [0.4, 0.5) is 5.69 Å². The summed E-state index contributed by atoms with van der Waals surface area (Å²) in [6, 6.07) is 9.61. The average molecular weight is 247 g/mol. The van der Waals surface area contributed by atoms with Crippen LogP contribution in [0.2, 0.25) is 0 Å². The van der Waals surface area contributed by atoms with Gasteiger partial charge in [-0.05, 0) is 31.4 Å². The van der Waals surface area contributed by atoms with Crippen LogP contribution in [0.1, 0.15) is 27.2 Å². The minimum atomic E-state index is -0.137. The first kappa shape index (κ1) is 14.2. The number of para-hydroxylation sites is 1. The zero-order valence-corrected chi connectivity index (χ0v) is 11.2. The Morgan fingerprint density at radius 1 is 1.33 bits per heavy atom. The van der Waals surface area contributed by atoms with Gasteiger partial charge in [-0.2, -0.15) is 5.10 Å². The van der Waals surface area contributed by atoms with Crippen molar-refractivity contribution in [2.24, 2.45) is 11.0 Å². The van der Waals surface area contributed by atoms with Gasteiger partial charge in [0.1, 0.15) is 0 Å². The summed E-state index contributed by atoms with van der Waals surface area (Å²) in [5.74, 6) is 0.258. The van der Waals surface area contributed by atoms with Crippen LogP contribution in [-0.4, -0.2) is 18.2 Å². The van der Waals surface area contributed by atoms with E-state index in [-0.39, 0.29) is 12.5 Å². The minimum Gasteiger partial charge on any atom is -0.376 e. The van der Waals surface area contributed by atoms with Crippen molar-refractivity contribution in [3.63, 3.8) is 0 Å². The molecule has 0 radical (unpaired) electrons. The highest BCUT2D eigenvalue weighted by atomic mass is 16.2. The van der Waals surface area contributed by atoms with Gasteiger partial charge >= 0.3 is 0 Å². The molecule has 0 fully saturated rings. The van der Waals surface area contributed by atoms with E-state index in [1.165, 1.54) is 0 Å². The first-order valence-electron chi connectivity index (χ1n) is 6.25. The molecule has 1 amide bonds. The SMILES string of the molecule is CC[C@@H](C)/C(C)=N\NC(=O)CNc1ccccc1. The van der Waals surface area contributed by atoms with Crippen molar-refractivity contribution in [2.45, 2.75) is 27.2 Å². The first-order chi connectivity index (χ1) is 8.63. The van der Waals surface area contributed by atoms with Crippen LogP contribution in [0.5, 0.6) is 0 Å². The number of carbonyl (C=O) groups excluding carboxylic acids is 1. The van der Waals surface area contributed by atoms with Gasteiger partial charge in [-0.15, -0.1) is 0 Å². The summed E-state index contributed by atoms with van der Waals surface area (Å²) in [7, 11) is 0. The zero-order valence-electron chi connectivity index (χ0n) is 11.2. The van der Waals surface area contributed by atoms with E-state index in [4.69, 9.17) is 0 Å². The molecule has 1 aromatic rings. The molecule has 0 heterocycles. The molecule has 0 unspecified atom stereocenters. The van der Waals surface area contributed by atoms with Gasteiger partial charge in [0.25, 0.3) is 5.91 Å². The minimum absolute atomic E-state index is 0.137. The quantitative estimate of drug-likeness (QED) is 0.600. The summed E-state index contributed by atoms with van der Waals surface area (Å²) < 4.78 is 0. The van der Waals surface area contributed by atoms with Gasteiger partial charge in [-0.1, -0.05) is 32.0 Å². The molecule has 4 nitrogen and oxygen atoms in total. The fourth-order valence-electron chi connectivity index (χ4n) is 1.33. The van der Waals surface area contributed by atoms with Crippen LogP contribution in [-0.2, 0) is 4.79 Å². The van der Waals surface area contributed by atoms with Crippen LogP contribution < -0.4 is 10.7 Å². The number of hydrogen-bond acceptors (Lipinski definition) is 3. The molecule has 18 heavy (non-hydrogen) atoms. The third-order valence-electron chi connectivity index (χ3n) is 2.91. The maximum Gasteiger partial charge on any atom is 0.259 e. The highest BCUT2D eigenvalue weighted by Crippen LogP contribution is 2.04. The number of amides is 1. The average Bonchev–Trinajstić information content (AvgIpc) is 2.42. The summed E-state index contributed by atoms with van der Waals surface area (Å²) in [5, 5.41) is 7.11. The van der Waals surface area contributed by atoms with Crippen LogP contribution in [0.15, 0.2) is 35.4 Å². The molecule has 0 aliphatic carbocycles. The van der Waals surface area contributed by atoms with E-state index >= 15 is 0 Å². The van der Waals surface area contributed by atoms with Crippen molar-refractivity contribution in [3.8, 4) is 0 Å². The van der Waals surface area contributed by atoms with Crippen molar-refractivity contribution in [1.82, 2.24) is 5.43 Å². The predicted molar refractivity (Wildman–Crippen MR) is 75.6 cm³/mol. The van der Waals surface area contributed by atoms with Gasteiger partial charge in [0.15, 0.2) is 0 Å². The van der Waals surface area contributed by atoms with Crippen LogP contribution >= 0.6 is 0 Å². The molecular formula is C14H21N3O. The van der Waals surface area contributed by atoms with Gasteiger partial charge in [0.05, 0.1) is 6.54 Å². The summed E-state index contributed by atoms with van der Waals surface area (Å²) in [5.41, 5.74) is 4.43. The van der Waals surface area contributed by atoms with Crippen molar-refractivity contribution >= 4 is 17.3 Å². The number of hydrazone groups is 1. The Hall–Kier alpha value is -1.84. The number of benzene rings is 1. The third-order valence-corrected chi connectivity index (χ3v) is 2.91. The second-order valence-electron chi connectivity index (χ2n) is 4.32. The predicted octanol–water partition coefficient (Wildman–Crippen LogP) is 2.64. The molecule has 0 aromatic heterocycles. The normalized spacial score (nSPS) is 12.9. The van der Waals surface area contributed by atoms with Crippen LogP contribution in [0.3, 0.4) is 0 Å². The van der Waals surface area contributed by atoms with E-state index in [0.29, 0.717) is 5.92 Å². The molecule has 0 spiro atoms. The van der Waals surface area contributed by atoms with E-state index < -0.39 is 0 Å². The third kappa shape index (κ3) is 4.99. The van der Waals surface area contributed by atoms with Gasteiger partial charge in [0.2, 0.25) is 0 Å². The van der Waals surface area contributed by atoms with Gasteiger partial charge in [-0.3, -0.25) is 4.79 Å². The number of carbonyl (C=O) groups is 1. The first-order valence-corrected chi connectivity index (χ1v) is 6.25. The lowest BCUT2D eigenvalue weighted by Gasteiger charge is -2.08. The highest BCUT2D eigenvalue weighted by Gasteiger charge is 2.04. The van der Waals surface area contributed by atoms with Crippen LogP contribution in [0.25, 0.3) is 0 Å². The maximum atomic E-state index is 11.6. The van der Waals surface area contributed by atoms with E-state index in [1.54, 1.807) is 0 Å². The maximum absolute atomic E-state index is 11.6. The van der Waals surface area contributed by atoms with E-state index in [0.717, 1.165) is 17.8 Å². The lowest BCUT2D eigenvalue weighted by Crippen LogP contribution is -2.27. The number of anilines is 1. The molecular weight excluding hydrogens is 226 g/mol. The molecule has 0 saturated carbocycles. The number of nitrogens with one attached hydrogen (secondary N) is 2. The molecule has 1 rings (SSSR count). The van der Waals surface area contributed by atoms with E-state index in [2.05, 4.69) is 29.7 Å². The summed E-state index contributed by atoms with van der Waals surface area (Å²) in [4.78, 5) is 11.6. The number of rotatable bonds is 6. The van der Waals surface area contributed by atoms with Crippen molar-refractivity contribution in [2.75, 3.05) is 11.9 Å². The summed E-state index contributed by atoms with van der Waals surface area (Å²) >= 11 is 0. The Kier molecular flexibility index (Phi) is 5.91. The zero-order chi connectivity index (χ0) is 13.4. The van der Waals surface area contributed by atoms with Gasteiger partial charge in [-0.25, -0.2) is 5.43 Å². The number of hydrogen-bond donors (Lipinski definition) is 2. The topological polar surface area (TPSA) is 53.5 Å². The standard InChI is InChI=1S/C14H21N3O/c1-4-11(2)12(3)16-17-14(18)10-15-13-8-6-5-7-9-13/h5-9,11,15H,4,10H2,1-3H3,(H,17,18)/b16-12-/t11-/m1/s1. The Morgan fingerprint density at radius 2 is 2.00 bits per heavy atom. The second kappa shape index (κ2) is 7.48. The lowest BCUT2D eigenvalue weighted by atomic mass is 10.1. The molecule has 4 heteroatoms. The summed E-state index contributed by atoms with van der Waals surface area (Å²) in [6.07, 6.45) is 1.02. The molecule has 1 atom stereocenters. The molecule has 0 aliphatic rings. The summed E-state index contributed by atoms with van der Waals surface area (Å²) in [6.45, 7) is 6.34.